The van der Waals surface area contributed by atoms with E-state index in [-0.39, 0.29) is 24.5 Å². The first-order valence-electron chi connectivity index (χ1n) is 14.7. The molecule has 0 saturated heterocycles. The van der Waals surface area contributed by atoms with Gasteiger partial charge in [-0.25, -0.2) is 18.7 Å². The first-order valence-corrected chi connectivity index (χ1v) is 16.3. The molecule has 4 aromatic carbocycles. The second-order valence-corrected chi connectivity index (χ2v) is 12.6. The van der Waals surface area contributed by atoms with E-state index in [1.54, 1.807) is 24.3 Å². The Morgan fingerprint density at radius 3 is 1.84 bits per heavy atom. The molecule has 0 aromatic heterocycles. The Balaban J connectivity index is 1.57. The van der Waals surface area contributed by atoms with Crippen LogP contribution in [0.5, 0.6) is 5.75 Å². The highest BCUT2D eigenvalue weighted by molar-refractivity contribution is 7.92. The summed E-state index contributed by atoms with van der Waals surface area (Å²) in [5, 5.41) is 1.21. The standard InChI is InChI=1S/C35H38N2O7S/c1-42-30-21-23-31(24-22-30)45(40,41)32(20-12-11-15-27-13-5-2-6-14-27)33(34(38)37-44-26-29-18-9-4-10-19-29)36-35(39)43-25-28-16-7-3-8-17-28/h2-10,13-14,16-19,21-24,32-33H,11-12,15,20,25-26H2,1H3,(H,36,39)(H,37,38)/t32-,33?/m1/s1. The molecule has 45 heavy (non-hydrogen) atoms. The number of carbonyl (C=O) groups excluding carboxylic acids is 2. The third-order valence-corrected chi connectivity index (χ3v) is 9.46. The zero-order valence-electron chi connectivity index (χ0n) is 25.1. The SMILES string of the molecule is COc1ccc(S(=O)(=O)[C@H](CCCCc2ccccc2)C(NC(=O)OCc2ccccc2)C(=O)NOCc2ccccc2)cc1. The molecule has 0 aliphatic rings. The number of sulfone groups is 1. The van der Waals surface area contributed by atoms with Crippen LogP contribution in [-0.2, 0) is 43.8 Å². The monoisotopic (exact) mass is 630 g/mol. The van der Waals surface area contributed by atoms with E-state index < -0.39 is 33.1 Å². The molecule has 0 saturated carbocycles. The van der Waals surface area contributed by atoms with E-state index in [9.17, 15) is 18.0 Å². The molecular weight excluding hydrogens is 592 g/mol. The molecule has 236 valence electrons. The van der Waals surface area contributed by atoms with Crippen molar-refractivity contribution in [2.75, 3.05) is 7.11 Å². The third kappa shape index (κ3) is 10.2. The van der Waals surface area contributed by atoms with Gasteiger partial charge in [0.1, 0.15) is 18.4 Å². The number of unbranched alkanes of at least 4 members (excludes halogenated alkanes) is 1. The maximum absolute atomic E-state index is 14.1. The predicted octanol–water partition coefficient (Wildman–Crippen LogP) is 5.79. The van der Waals surface area contributed by atoms with Gasteiger partial charge >= 0.3 is 6.09 Å². The fraction of sp³-hybridized carbons (Fsp3) is 0.257. The number of amides is 2. The first kappa shape index (κ1) is 33.2. The molecule has 0 aliphatic heterocycles. The van der Waals surface area contributed by atoms with Crippen LogP contribution < -0.4 is 15.5 Å². The van der Waals surface area contributed by atoms with Crippen molar-refractivity contribution in [2.45, 2.75) is 55.1 Å². The highest BCUT2D eigenvalue weighted by atomic mass is 32.2. The summed E-state index contributed by atoms with van der Waals surface area (Å²) in [4.78, 5) is 32.1. The van der Waals surface area contributed by atoms with Gasteiger partial charge in [0, 0.05) is 0 Å². The molecule has 0 aliphatic carbocycles. The minimum atomic E-state index is -4.15. The van der Waals surface area contributed by atoms with Crippen LogP contribution in [0.4, 0.5) is 4.79 Å². The number of carbonyl (C=O) groups is 2. The lowest BCUT2D eigenvalue weighted by Gasteiger charge is -2.27. The second kappa shape index (κ2) is 17.0. The lowest BCUT2D eigenvalue weighted by Crippen LogP contribution is -2.55. The summed E-state index contributed by atoms with van der Waals surface area (Å²) in [6, 6.07) is 32.5. The molecule has 4 aromatic rings. The van der Waals surface area contributed by atoms with Crippen LogP contribution in [0.3, 0.4) is 0 Å². The molecule has 0 radical (unpaired) electrons. The van der Waals surface area contributed by atoms with Crippen molar-refractivity contribution in [3.05, 3.63) is 132 Å². The van der Waals surface area contributed by atoms with Gasteiger partial charge in [0.05, 0.1) is 23.9 Å². The van der Waals surface area contributed by atoms with Crippen molar-refractivity contribution in [3.8, 4) is 5.75 Å². The fourth-order valence-corrected chi connectivity index (χ4v) is 6.70. The van der Waals surface area contributed by atoms with Crippen molar-refractivity contribution < 1.29 is 32.3 Å². The minimum Gasteiger partial charge on any atom is -0.497 e. The predicted molar refractivity (Wildman–Crippen MR) is 171 cm³/mol. The number of alkyl carbamates (subject to hydrolysis) is 1. The topological polar surface area (TPSA) is 120 Å². The Kier molecular flexibility index (Phi) is 12.5. The molecule has 0 fully saturated rings. The van der Waals surface area contributed by atoms with E-state index in [1.807, 2.05) is 78.9 Å². The molecule has 1 unspecified atom stereocenters. The van der Waals surface area contributed by atoms with Crippen LogP contribution in [0.25, 0.3) is 0 Å². The normalized spacial score (nSPS) is 12.5. The van der Waals surface area contributed by atoms with Gasteiger partial charge in [-0.15, -0.1) is 0 Å². The van der Waals surface area contributed by atoms with Gasteiger partial charge < -0.3 is 14.8 Å². The van der Waals surface area contributed by atoms with Gasteiger partial charge in [-0.05, 0) is 60.2 Å². The zero-order valence-corrected chi connectivity index (χ0v) is 25.9. The lowest BCUT2D eigenvalue weighted by molar-refractivity contribution is -0.136. The summed E-state index contributed by atoms with van der Waals surface area (Å²) in [5.74, 6) is -0.327. The number of benzene rings is 4. The van der Waals surface area contributed by atoms with Crippen molar-refractivity contribution in [3.63, 3.8) is 0 Å². The minimum absolute atomic E-state index is 0.00110. The number of hydrogen-bond donors (Lipinski definition) is 2. The molecule has 0 heterocycles. The van der Waals surface area contributed by atoms with Crippen LogP contribution in [0.1, 0.15) is 36.0 Å². The molecule has 2 N–H and O–H groups in total. The van der Waals surface area contributed by atoms with Gasteiger partial charge in [-0.3, -0.25) is 9.63 Å². The van der Waals surface area contributed by atoms with Gasteiger partial charge in [0.25, 0.3) is 5.91 Å². The summed E-state index contributed by atoms with van der Waals surface area (Å²) in [6.45, 7) is -0.0107. The number of hydrogen-bond acceptors (Lipinski definition) is 7. The number of nitrogens with one attached hydrogen (secondary N) is 2. The Hall–Kier alpha value is -4.67. The van der Waals surface area contributed by atoms with E-state index in [4.69, 9.17) is 14.3 Å². The summed E-state index contributed by atoms with van der Waals surface area (Å²) in [5.41, 5.74) is 5.02. The van der Waals surface area contributed by atoms with Crippen LogP contribution in [-0.4, -0.2) is 38.8 Å². The van der Waals surface area contributed by atoms with Gasteiger partial charge in [0.2, 0.25) is 0 Å². The smallest absolute Gasteiger partial charge is 0.408 e. The highest BCUT2D eigenvalue weighted by Crippen LogP contribution is 2.26. The summed E-state index contributed by atoms with van der Waals surface area (Å²) < 4.78 is 38.9. The number of methoxy groups -OCH3 is 1. The summed E-state index contributed by atoms with van der Waals surface area (Å²) in [7, 11) is -2.66. The maximum Gasteiger partial charge on any atom is 0.408 e. The maximum atomic E-state index is 14.1. The van der Waals surface area contributed by atoms with Gasteiger partial charge in [0.15, 0.2) is 9.84 Å². The Labute approximate surface area is 264 Å². The quantitative estimate of drug-likeness (QED) is 0.119. The average molecular weight is 631 g/mol. The number of aryl methyl sites for hydroxylation is 1. The van der Waals surface area contributed by atoms with E-state index in [0.29, 0.717) is 18.6 Å². The molecule has 0 bridgehead atoms. The van der Waals surface area contributed by atoms with Gasteiger partial charge in [-0.2, -0.15) is 0 Å². The Bertz CT molecular complexity index is 1580. The highest BCUT2D eigenvalue weighted by Gasteiger charge is 2.40. The average Bonchev–Trinajstić information content (AvgIpc) is 3.08. The van der Waals surface area contributed by atoms with Crippen molar-refractivity contribution in [2.24, 2.45) is 0 Å². The molecular formula is C35H38N2O7S. The number of hydroxylamine groups is 1. The Morgan fingerprint density at radius 2 is 1.27 bits per heavy atom. The molecule has 2 atom stereocenters. The number of rotatable bonds is 16. The van der Waals surface area contributed by atoms with Crippen molar-refractivity contribution in [1.29, 1.82) is 0 Å². The van der Waals surface area contributed by atoms with E-state index in [0.717, 1.165) is 23.1 Å². The summed E-state index contributed by atoms with van der Waals surface area (Å²) >= 11 is 0. The molecule has 2 amide bonds. The molecule has 9 nitrogen and oxygen atoms in total. The summed E-state index contributed by atoms with van der Waals surface area (Å²) in [6.07, 6.45) is 1.05. The molecule has 0 spiro atoms. The van der Waals surface area contributed by atoms with Crippen molar-refractivity contribution in [1.82, 2.24) is 10.8 Å². The van der Waals surface area contributed by atoms with Crippen LogP contribution >= 0.6 is 0 Å². The fourth-order valence-electron chi connectivity index (χ4n) is 4.81. The van der Waals surface area contributed by atoms with E-state index >= 15 is 0 Å². The largest absolute Gasteiger partial charge is 0.497 e. The van der Waals surface area contributed by atoms with Crippen LogP contribution in [0.15, 0.2) is 120 Å². The number of ether oxygens (including phenoxy) is 2. The first-order chi connectivity index (χ1) is 21.9. The molecule has 4 rings (SSSR count). The van der Waals surface area contributed by atoms with E-state index in [1.165, 1.54) is 19.2 Å². The van der Waals surface area contributed by atoms with Gasteiger partial charge in [-0.1, -0.05) is 97.4 Å². The van der Waals surface area contributed by atoms with Crippen LogP contribution in [0, 0.1) is 0 Å². The zero-order chi connectivity index (χ0) is 31.9. The second-order valence-electron chi connectivity index (χ2n) is 10.4. The Morgan fingerprint density at radius 1 is 0.711 bits per heavy atom. The van der Waals surface area contributed by atoms with Crippen LogP contribution in [0.2, 0.25) is 0 Å². The third-order valence-electron chi connectivity index (χ3n) is 7.23. The molecule has 10 heteroatoms. The van der Waals surface area contributed by atoms with E-state index in [2.05, 4.69) is 10.8 Å². The van der Waals surface area contributed by atoms with Crippen molar-refractivity contribution >= 4 is 21.8 Å². The lowest BCUT2D eigenvalue weighted by atomic mass is 10.0.